The second kappa shape index (κ2) is 17.1. The summed E-state index contributed by atoms with van der Waals surface area (Å²) in [5, 5.41) is 14.5. The minimum Gasteiger partial charge on any atom is -0.497 e. The lowest BCUT2D eigenvalue weighted by Gasteiger charge is -2.32. The van der Waals surface area contributed by atoms with Gasteiger partial charge in [-0.25, -0.2) is 4.79 Å². The highest BCUT2D eigenvalue weighted by Crippen LogP contribution is 2.21. The third kappa shape index (κ3) is 9.99. The number of carbonyl (C=O) groups excluding carboxylic acids is 4. The van der Waals surface area contributed by atoms with E-state index in [1.54, 1.807) is 26.0 Å². The molecule has 0 saturated carbocycles. The summed E-state index contributed by atoms with van der Waals surface area (Å²) in [4.78, 5) is 54.4. The van der Waals surface area contributed by atoms with Crippen molar-refractivity contribution in [2.24, 2.45) is 5.92 Å². The lowest BCUT2D eigenvalue weighted by molar-refractivity contribution is -0.143. The topological polar surface area (TPSA) is 141 Å². The summed E-state index contributed by atoms with van der Waals surface area (Å²) in [6.07, 6.45) is 2.30. The third-order valence-corrected chi connectivity index (χ3v) is 7.82. The van der Waals surface area contributed by atoms with Crippen LogP contribution in [0.4, 0.5) is 4.79 Å². The molecule has 0 aliphatic carbocycles. The van der Waals surface area contributed by atoms with E-state index in [4.69, 9.17) is 4.74 Å². The van der Waals surface area contributed by atoms with Gasteiger partial charge in [-0.1, -0.05) is 42.5 Å². The molecule has 1 aliphatic heterocycles. The molecule has 5 amide bonds. The Morgan fingerprint density at radius 1 is 0.977 bits per heavy atom. The van der Waals surface area contributed by atoms with Gasteiger partial charge in [0.25, 0.3) is 0 Å². The van der Waals surface area contributed by atoms with Crippen molar-refractivity contribution in [2.75, 3.05) is 40.3 Å². The number of nitrogens with one attached hydrogen (secondary N) is 5. The Labute approximate surface area is 254 Å². The van der Waals surface area contributed by atoms with E-state index in [1.165, 1.54) is 0 Å². The fourth-order valence-electron chi connectivity index (χ4n) is 5.25. The number of benzene rings is 2. The normalized spacial score (nSPS) is 18.1. The van der Waals surface area contributed by atoms with Gasteiger partial charge in [0.1, 0.15) is 17.8 Å². The van der Waals surface area contributed by atoms with Crippen molar-refractivity contribution in [3.63, 3.8) is 0 Å². The van der Waals surface area contributed by atoms with Crippen LogP contribution in [0.15, 0.2) is 54.6 Å². The Balaban J connectivity index is 1.70. The molecular weight excluding hydrogens is 548 g/mol. The van der Waals surface area contributed by atoms with Crippen molar-refractivity contribution in [2.45, 2.75) is 57.7 Å². The molecule has 43 heavy (non-hydrogen) atoms. The van der Waals surface area contributed by atoms with Crippen LogP contribution in [-0.4, -0.2) is 87.1 Å². The maximum atomic E-state index is 14.0. The first-order valence-corrected chi connectivity index (χ1v) is 15.0. The highest BCUT2D eigenvalue weighted by molar-refractivity contribution is 5.93. The van der Waals surface area contributed by atoms with Crippen LogP contribution in [0.2, 0.25) is 0 Å². The molecule has 4 atom stereocenters. The van der Waals surface area contributed by atoms with Crippen LogP contribution in [-0.2, 0) is 27.2 Å². The molecule has 0 unspecified atom stereocenters. The zero-order valence-electron chi connectivity index (χ0n) is 25.7. The summed E-state index contributed by atoms with van der Waals surface area (Å²) in [7, 11) is 3.32. The molecule has 5 N–H and O–H groups in total. The van der Waals surface area contributed by atoms with Gasteiger partial charge in [-0.15, -0.1) is 0 Å². The van der Waals surface area contributed by atoms with Crippen molar-refractivity contribution in [1.82, 2.24) is 31.5 Å². The number of likely N-dealkylation sites (tertiary alicyclic amines) is 1. The molecular formula is C32H46N6O5. The van der Waals surface area contributed by atoms with E-state index in [2.05, 4.69) is 26.6 Å². The number of likely N-dealkylation sites (N-methyl/N-ethyl adjacent to an activating group) is 1. The molecule has 234 valence electrons. The third-order valence-electron chi connectivity index (χ3n) is 7.82. The molecule has 1 fully saturated rings. The predicted molar refractivity (Wildman–Crippen MR) is 166 cm³/mol. The maximum Gasteiger partial charge on any atom is 0.314 e. The molecule has 1 heterocycles. The molecule has 1 aliphatic rings. The van der Waals surface area contributed by atoms with Gasteiger partial charge < -0.3 is 36.2 Å². The lowest BCUT2D eigenvalue weighted by Crippen LogP contribution is -2.59. The Morgan fingerprint density at radius 2 is 1.70 bits per heavy atom. The fourth-order valence-corrected chi connectivity index (χ4v) is 5.25. The Kier molecular flexibility index (Phi) is 13.3. The SMILES string of the molecule is CCNC(=O)NC[C@H]1CCCN([C@@H](C)C(=O)NCCc2ccc(OC)cc2)C(=O)[C@H]1NC(=O)[C@@H](Cc1ccccc1)NC. The molecule has 11 nitrogen and oxygen atoms in total. The van der Waals surface area contributed by atoms with Gasteiger partial charge in [0, 0.05) is 32.1 Å². The molecule has 3 rings (SSSR count). The van der Waals surface area contributed by atoms with Gasteiger partial charge in [-0.05, 0) is 69.8 Å². The zero-order valence-corrected chi connectivity index (χ0v) is 25.7. The fraction of sp³-hybridized carbons (Fsp3) is 0.500. The van der Waals surface area contributed by atoms with Crippen molar-refractivity contribution in [3.05, 3.63) is 65.7 Å². The van der Waals surface area contributed by atoms with Crippen molar-refractivity contribution < 1.29 is 23.9 Å². The number of methoxy groups -OCH3 is 1. The van der Waals surface area contributed by atoms with Gasteiger partial charge in [0.05, 0.1) is 13.2 Å². The zero-order chi connectivity index (χ0) is 31.2. The Bertz CT molecular complexity index is 1190. The first kappa shape index (κ1) is 33.4. The van der Waals surface area contributed by atoms with Crippen molar-refractivity contribution in [3.8, 4) is 5.75 Å². The molecule has 0 bridgehead atoms. The number of nitrogens with zero attached hydrogens (tertiary/aromatic N) is 1. The molecule has 1 saturated heterocycles. The number of hydrogen-bond acceptors (Lipinski definition) is 6. The molecule has 0 radical (unpaired) electrons. The predicted octanol–water partition coefficient (Wildman–Crippen LogP) is 1.62. The minimum absolute atomic E-state index is 0.210. The monoisotopic (exact) mass is 594 g/mol. The maximum absolute atomic E-state index is 14.0. The summed E-state index contributed by atoms with van der Waals surface area (Å²) in [6.45, 7) is 5.00. The van der Waals surface area contributed by atoms with Crippen molar-refractivity contribution in [1.29, 1.82) is 0 Å². The highest BCUT2D eigenvalue weighted by atomic mass is 16.5. The second-order valence-electron chi connectivity index (χ2n) is 10.8. The first-order chi connectivity index (χ1) is 20.8. The van der Waals surface area contributed by atoms with Gasteiger partial charge in [-0.2, -0.15) is 0 Å². The van der Waals surface area contributed by atoms with Crippen LogP contribution in [0, 0.1) is 5.92 Å². The van der Waals surface area contributed by atoms with E-state index in [0.717, 1.165) is 16.9 Å². The number of rotatable bonds is 14. The first-order valence-electron chi connectivity index (χ1n) is 15.0. The highest BCUT2D eigenvalue weighted by Gasteiger charge is 2.39. The van der Waals surface area contributed by atoms with E-state index in [9.17, 15) is 19.2 Å². The molecule has 11 heteroatoms. The van der Waals surface area contributed by atoms with Crippen LogP contribution in [0.25, 0.3) is 0 Å². The van der Waals surface area contributed by atoms with Gasteiger partial charge >= 0.3 is 6.03 Å². The van der Waals surface area contributed by atoms with E-state index >= 15 is 0 Å². The van der Waals surface area contributed by atoms with Crippen LogP contribution < -0.4 is 31.3 Å². The average molecular weight is 595 g/mol. The van der Waals surface area contributed by atoms with Crippen LogP contribution >= 0.6 is 0 Å². The summed E-state index contributed by atoms with van der Waals surface area (Å²) in [6, 6.07) is 14.8. The molecule has 2 aromatic carbocycles. The number of urea groups is 1. The Hall–Kier alpha value is -4.12. The number of amides is 5. The number of carbonyl (C=O) groups is 4. The van der Waals surface area contributed by atoms with Crippen LogP contribution in [0.1, 0.15) is 37.8 Å². The number of hydrogen-bond donors (Lipinski definition) is 5. The lowest BCUT2D eigenvalue weighted by atomic mass is 9.94. The minimum atomic E-state index is -0.905. The Morgan fingerprint density at radius 3 is 2.35 bits per heavy atom. The smallest absolute Gasteiger partial charge is 0.314 e. The van der Waals surface area contributed by atoms with Gasteiger partial charge in [0.2, 0.25) is 17.7 Å². The summed E-state index contributed by atoms with van der Waals surface area (Å²) in [5.74, 6) is -0.484. The van der Waals surface area contributed by atoms with E-state index < -0.39 is 18.1 Å². The second-order valence-corrected chi connectivity index (χ2v) is 10.8. The summed E-state index contributed by atoms with van der Waals surface area (Å²) >= 11 is 0. The largest absolute Gasteiger partial charge is 0.497 e. The summed E-state index contributed by atoms with van der Waals surface area (Å²) < 4.78 is 5.19. The van der Waals surface area contributed by atoms with E-state index in [1.807, 2.05) is 61.5 Å². The average Bonchev–Trinajstić information content (AvgIpc) is 3.17. The number of ether oxygens (including phenoxy) is 1. The van der Waals surface area contributed by atoms with Gasteiger partial charge in [-0.3, -0.25) is 14.4 Å². The van der Waals surface area contributed by atoms with Crippen LogP contribution in [0.3, 0.4) is 0 Å². The van der Waals surface area contributed by atoms with E-state index in [0.29, 0.717) is 45.3 Å². The van der Waals surface area contributed by atoms with Crippen LogP contribution in [0.5, 0.6) is 5.75 Å². The van der Waals surface area contributed by atoms with E-state index in [-0.39, 0.29) is 36.2 Å². The molecule has 0 aromatic heterocycles. The standard InChI is InChI=1S/C32H46N6O5/c1-5-34-32(42)36-21-25-12-9-19-38(22(2)29(39)35-18-17-23-13-15-26(43-4)16-14-23)31(41)28(25)37-30(40)27(33-3)20-24-10-7-6-8-11-24/h6-8,10-11,13-16,22,25,27-28,33H,5,9,12,17-21H2,1-4H3,(H,35,39)(H,37,40)(H2,34,36,42)/t22-,25+,27+,28-/m0/s1. The quantitative estimate of drug-likeness (QED) is 0.225. The molecule has 0 spiro atoms. The van der Waals surface area contributed by atoms with Gasteiger partial charge in [0.15, 0.2) is 0 Å². The molecule has 2 aromatic rings. The summed E-state index contributed by atoms with van der Waals surface area (Å²) in [5.41, 5.74) is 2.04. The van der Waals surface area contributed by atoms with Crippen molar-refractivity contribution >= 4 is 23.8 Å².